The van der Waals surface area contributed by atoms with Crippen LogP contribution in [0, 0.1) is 17.0 Å². The number of aliphatic hydroxyl groups excluding tert-OH is 1. The van der Waals surface area contributed by atoms with Gasteiger partial charge in [-0.1, -0.05) is 0 Å². The van der Waals surface area contributed by atoms with Gasteiger partial charge in [-0.15, -0.1) is 0 Å². The Balaban J connectivity index is 3.02. The lowest BCUT2D eigenvalue weighted by atomic mass is 10.1. The standard InChI is InChI=1S/C11H16N2O6S/c1-8-5-9(13(16)17)3-4-10(8)20(18,19)12-6-11(2,15)7-14/h3-5,12,14-15H,6-7H2,1-2H3. The van der Waals surface area contributed by atoms with Gasteiger partial charge in [0.05, 0.1) is 22.0 Å². The van der Waals surface area contributed by atoms with Crippen LogP contribution in [0.1, 0.15) is 12.5 Å². The lowest BCUT2D eigenvalue weighted by molar-refractivity contribution is -0.385. The molecule has 0 aliphatic rings. The summed E-state index contributed by atoms with van der Waals surface area (Å²) in [5.41, 5.74) is -1.57. The maximum atomic E-state index is 12.0. The zero-order valence-electron chi connectivity index (χ0n) is 11.0. The van der Waals surface area contributed by atoms with Crippen molar-refractivity contribution in [3.05, 3.63) is 33.9 Å². The van der Waals surface area contributed by atoms with Gasteiger partial charge in [0.1, 0.15) is 0 Å². The second-order valence-corrected chi connectivity index (χ2v) is 6.42. The van der Waals surface area contributed by atoms with Crippen LogP contribution in [0.5, 0.6) is 0 Å². The number of aliphatic hydroxyl groups is 2. The Bertz CT molecular complexity index is 611. The van der Waals surface area contributed by atoms with Crippen LogP contribution in [0.25, 0.3) is 0 Å². The summed E-state index contributed by atoms with van der Waals surface area (Å²) in [4.78, 5) is 9.86. The molecule has 1 aromatic rings. The topological polar surface area (TPSA) is 130 Å². The first-order valence-corrected chi connectivity index (χ1v) is 7.15. The fourth-order valence-electron chi connectivity index (χ4n) is 1.43. The maximum absolute atomic E-state index is 12.0. The van der Waals surface area contributed by atoms with Crippen molar-refractivity contribution < 1.29 is 23.6 Å². The highest BCUT2D eigenvalue weighted by atomic mass is 32.2. The van der Waals surface area contributed by atoms with Gasteiger partial charge >= 0.3 is 0 Å². The monoisotopic (exact) mass is 304 g/mol. The Labute approximate surface area is 116 Å². The summed E-state index contributed by atoms with van der Waals surface area (Å²) in [5, 5.41) is 29.0. The van der Waals surface area contributed by atoms with Gasteiger partial charge in [-0.05, 0) is 25.5 Å². The van der Waals surface area contributed by atoms with Gasteiger partial charge in [0.25, 0.3) is 5.69 Å². The van der Waals surface area contributed by atoms with E-state index in [1.807, 2.05) is 0 Å². The average molecular weight is 304 g/mol. The summed E-state index contributed by atoms with van der Waals surface area (Å²) in [7, 11) is -3.92. The lowest BCUT2D eigenvalue weighted by Crippen LogP contribution is -2.43. The fourth-order valence-corrected chi connectivity index (χ4v) is 2.82. The third-order valence-electron chi connectivity index (χ3n) is 2.64. The van der Waals surface area contributed by atoms with Gasteiger partial charge in [-0.3, -0.25) is 10.1 Å². The molecule has 0 fully saturated rings. The molecular weight excluding hydrogens is 288 g/mol. The number of hydrogen-bond donors (Lipinski definition) is 3. The van der Waals surface area contributed by atoms with E-state index in [1.165, 1.54) is 13.8 Å². The van der Waals surface area contributed by atoms with E-state index >= 15 is 0 Å². The van der Waals surface area contributed by atoms with Crippen LogP contribution in [0.15, 0.2) is 23.1 Å². The molecule has 0 radical (unpaired) electrons. The molecule has 0 aliphatic carbocycles. The molecule has 0 heterocycles. The molecule has 0 spiro atoms. The zero-order chi connectivity index (χ0) is 15.6. The average Bonchev–Trinajstić information content (AvgIpc) is 2.36. The van der Waals surface area contributed by atoms with E-state index in [9.17, 15) is 23.6 Å². The Morgan fingerprint density at radius 2 is 2.05 bits per heavy atom. The van der Waals surface area contributed by atoms with Gasteiger partial charge in [0.2, 0.25) is 10.0 Å². The molecule has 20 heavy (non-hydrogen) atoms. The number of non-ortho nitro benzene ring substituents is 1. The minimum Gasteiger partial charge on any atom is -0.393 e. The second kappa shape index (κ2) is 5.83. The second-order valence-electron chi connectivity index (χ2n) is 4.69. The van der Waals surface area contributed by atoms with E-state index in [0.717, 1.165) is 18.2 Å². The smallest absolute Gasteiger partial charge is 0.269 e. The van der Waals surface area contributed by atoms with Gasteiger partial charge in [0, 0.05) is 18.7 Å². The third kappa shape index (κ3) is 3.97. The fraction of sp³-hybridized carbons (Fsp3) is 0.455. The Morgan fingerprint density at radius 3 is 2.50 bits per heavy atom. The third-order valence-corrected chi connectivity index (χ3v) is 4.20. The van der Waals surface area contributed by atoms with Crippen molar-refractivity contribution in [1.29, 1.82) is 0 Å². The van der Waals surface area contributed by atoms with Gasteiger partial charge in [0.15, 0.2) is 0 Å². The van der Waals surface area contributed by atoms with Crippen LogP contribution in [0.2, 0.25) is 0 Å². The number of aryl methyl sites for hydroxylation is 1. The summed E-state index contributed by atoms with van der Waals surface area (Å²) in [6.45, 7) is 1.74. The first-order valence-electron chi connectivity index (χ1n) is 5.67. The number of nitrogens with zero attached hydrogens (tertiary/aromatic N) is 1. The highest BCUT2D eigenvalue weighted by Crippen LogP contribution is 2.21. The quantitative estimate of drug-likeness (QED) is 0.498. The molecule has 1 aromatic carbocycles. The molecule has 1 rings (SSSR count). The molecule has 1 unspecified atom stereocenters. The van der Waals surface area contributed by atoms with Crippen LogP contribution in [0.4, 0.5) is 5.69 Å². The van der Waals surface area contributed by atoms with Crippen molar-refractivity contribution in [2.45, 2.75) is 24.3 Å². The molecule has 112 valence electrons. The molecule has 0 aliphatic heterocycles. The van der Waals surface area contributed by atoms with E-state index in [1.54, 1.807) is 0 Å². The lowest BCUT2D eigenvalue weighted by Gasteiger charge is -2.20. The van der Waals surface area contributed by atoms with E-state index < -0.39 is 27.2 Å². The van der Waals surface area contributed by atoms with E-state index in [4.69, 9.17) is 5.11 Å². The highest BCUT2D eigenvalue weighted by Gasteiger charge is 2.25. The number of hydrogen-bond acceptors (Lipinski definition) is 6. The molecule has 3 N–H and O–H groups in total. The van der Waals surface area contributed by atoms with Gasteiger partial charge in [-0.2, -0.15) is 0 Å². The molecular formula is C11H16N2O6S. The molecule has 0 saturated heterocycles. The van der Waals surface area contributed by atoms with Gasteiger partial charge in [-0.25, -0.2) is 13.1 Å². The molecule has 0 aromatic heterocycles. The van der Waals surface area contributed by atoms with E-state index in [2.05, 4.69) is 4.72 Å². The van der Waals surface area contributed by atoms with Crippen LogP contribution < -0.4 is 4.72 Å². The van der Waals surface area contributed by atoms with Gasteiger partial charge < -0.3 is 10.2 Å². The minimum absolute atomic E-state index is 0.114. The molecule has 0 saturated carbocycles. The summed E-state index contributed by atoms with van der Waals surface area (Å²) in [6, 6.07) is 3.37. The van der Waals surface area contributed by atoms with Crippen molar-refractivity contribution in [1.82, 2.24) is 4.72 Å². The number of nitrogens with one attached hydrogen (secondary N) is 1. The van der Waals surface area contributed by atoms with Crippen molar-refractivity contribution in [2.75, 3.05) is 13.2 Å². The summed E-state index contributed by atoms with van der Waals surface area (Å²) in [5.74, 6) is 0. The minimum atomic E-state index is -3.92. The number of nitro benzene ring substituents is 1. The van der Waals surface area contributed by atoms with Crippen LogP contribution >= 0.6 is 0 Å². The zero-order valence-corrected chi connectivity index (χ0v) is 11.8. The molecule has 9 heteroatoms. The number of sulfonamides is 1. The predicted octanol–water partition coefficient (Wildman–Crippen LogP) is -0.0752. The predicted molar refractivity (Wildman–Crippen MR) is 70.7 cm³/mol. The summed E-state index contributed by atoms with van der Waals surface area (Å²) >= 11 is 0. The van der Waals surface area contributed by atoms with Crippen molar-refractivity contribution in [3.8, 4) is 0 Å². The summed E-state index contributed by atoms with van der Waals surface area (Å²) in [6.07, 6.45) is 0. The Morgan fingerprint density at radius 1 is 1.45 bits per heavy atom. The van der Waals surface area contributed by atoms with Crippen molar-refractivity contribution in [3.63, 3.8) is 0 Å². The first kappa shape index (κ1) is 16.5. The SMILES string of the molecule is Cc1cc([N+](=O)[O-])ccc1S(=O)(=O)NCC(C)(O)CO. The van der Waals surface area contributed by atoms with Crippen molar-refractivity contribution in [2.24, 2.45) is 0 Å². The number of rotatable bonds is 6. The van der Waals surface area contributed by atoms with Crippen LogP contribution in [0.3, 0.4) is 0 Å². The van der Waals surface area contributed by atoms with Crippen LogP contribution in [-0.2, 0) is 10.0 Å². The Kier molecular flexibility index (Phi) is 4.81. The molecule has 1 atom stereocenters. The first-order chi connectivity index (χ1) is 9.09. The van der Waals surface area contributed by atoms with Crippen LogP contribution in [-0.4, -0.2) is 42.3 Å². The number of benzene rings is 1. The molecule has 0 bridgehead atoms. The van der Waals surface area contributed by atoms with E-state index in [-0.39, 0.29) is 22.7 Å². The largest absolute Gasteiger partial charge is 0.393 e. The maximum Gasteiger partial charge on any atom is 0.269 e. The van der Waals surface area contributed by atoms with Crippen molar-refractivity contribution >= 4 is 15.7 Å². The summed E-state index contributed by atoms with van der Waals surface area (Å²) < 4.78 is 26.2. The Hall–Kier alpha value is -1.55. The number of nitro groups is 1. The molecule has 0 amide bonds. The van der Waals surface area contributed by atoms with E-state index in [0.29, 0.717) is 0 Å². The highest BCUT2D eigenvalue weighted by molar-refractivity contribution is 7.89. The normalized spacial score (nSPS) is 14.8. The molecule has 8 nitrogen and oxygen atoms in total.